The summed E-state index contributed by atoms with van der Waals surface area (Å²) in [4.78, 5) is 0. The number of hydrogen-bond acceptors (Lipinski definition) is 3. The molecule has 0 aromatic carbocycles. The Morgan fingerprint density at radius 2 is 1.94 bits per heavy atom. The van der Waals surface area contributed by atoms with Crippen molar-refractivity contribution in [2.24, 2.45) is 12.8 Å². The number of rotatable bonds is 3. The fourth-order valence-corrected chi connectivity index (χ4v) is 3.16. The van der Waals surface area contributed by atoms with Crippen LogP contribution in [0.4, 0.5) is 0 Å². The van der Waals surface area contributed by atoms with Crippen LogP contribution in [0.1, 0.15) is 36.9 Å². The molecule has 2 fully saturated rings. The van der Waals surface area contributed by atoms with Crippen LogP contribution in [0.5, 0.6) is 5.88 Å². The summed E-state index contributed by atoms with van der Waals surface area (Å²) in [6, 6.07) is 0. The number of hydrogen-bond donors (Lipinski definition) is 1. The minimum absolute atomic E-state index is 0.0219. The summed E-state index contributed by atoms with van der Waals surface area (Å²) in [6.45, 7) is 2.06. The molecule has 88 valence electrons. The van der Waals surface area contributed by atoms with E-state index >= 15 is 0 Å². The molecule has 16 heavy (non-hydrogen) atoms. The first kappa shape index (κ1) is 10.1. The van der Waals surface area contributed by atoms with Crippen LogP contribution in [0.25, 0.3) is 0 Å². The molecule has 1 heterocycles. The molecule has 2 aliphatic carbocycles. The summed E-state index contributed by atoms with van der Waals surface area (Å²) in [5.41, 5.74) is 8.95. The second-order valence-corrected chi connectivity index (χ2v) is 5.33. The van der Waals surface area contributed by atoms with Gasteiger partial charge < -0.3 is 10.5 Å². The summed E-state index contributed by atoms with van der Waals surface area (Å²) in [7, 11) is 3.65. The third-order valence-corrected chi connectivity index (χ3v) is 4.33. The van der Waals surface area contributed by atoms with E-state index < -0.39 is 0 Å². The monoisotopic (exact) mass is 221 g/mol. The molecule has 0 spiro atoms. The molecule has 4 heteroatoms. The first-order valence-corrected chi connectivity index (χ1v) is 5.91. The molecule has 0 unspecified atom stereocenters. The van der Waals surface area contributed by atoms with Crippen LogP contribution in [0.15, 0.2) is 0 Å². The Balaban J connectivity index is 2.13. The van der Waals surface area contributed by atoms with Gasteiger partial charge in [0.25, 0.3) is 0 Å². The molecule has 0 bridgehead atoms. The van der Waals surface area contributed by atoms with Crippen LogP contribution in [-0.4, -0.2) is 22.4 Å². The van der Waals surface area contributed by atoms with Crippen molar-refractivity contribution >= 4 is 0 Å². The first-order chi connectivity index (χ1) is 7.54. The van der Waals surface area contributed by atoms with E-state index in [0.717, 1.165) is 24.4 Å². The van der Waals surface area contributed by atoms with E-state index in [9.17, 15) is 0 Å². The fourth-order valence-electron chi connectivity index (χ4n) is 3.16. The lowest BCUT2D eigenvalue weighted by atomic mass is 9.86. The lowest BCUT2D eigenvalue weighted by molar-refractivity contribution is 0.358. The van der Waals surface area contributed by atoms with Gasteiger partial charge in [0.2, 0.25) is 5.88 Å². The van der Waals surface area contributed by atoms with E-state index in [1.165, 1.54) is 18.4 Å². The Labute approximate surface area is 95.8 Å². The maximum Gasteiger partial charge on any atom is 0.215 e. The number of aromatic nitrogens is 2. The number of nitrogens with zero attached hydrogens (tertiary/aromatic N) is 2. The molecule has 1 aromatic heterocycles. The zero-order chi connectivity index (χ0) is 11.6. The van der Waals surface area contributed by atoms with Crippen molar-refractivity contribution < 1.29 is 4.74 Å². The van der Waals surface area contributed by atoms with Crippen LogP contribution in [0.2, 0.25) is 0 Å². The summed E-state index contributed by atoms with van der Waals surface area (Å²) in [5.74, 6) is 0.895. The summed E-state index contributed by atoms with van der Waals surface area (Å²) < 4.78 is 7.32. The van der Waals surface area contributed by atoms with Gasteiger partial charge in [-0.1, -0.05) is 0 Å². The van der Waals surface area contributed by atoms with E-state index in [0.29, 0.717) is 0 Å². The molecule has 4 nitrogen and oxygen atoms in total. The van der Waals surface area contributed by atoms with Gasteiger partial charge in [0.15, 0.2) is 0 Å². The van der Waals surface area contributed by atoms with Gasteiger partial charge in [0.1, 0.15) is 0 Å². The van der Waals surface area contributed by atoms with E-state index in [1.54, 1.807) is 7.11 Å². The molecule has 0 radical (unpaired) electrons. The maximum atomic E-state index is 6.43. The zero-order valence-electron chi connectivity index (χ0n) is 10.2. The molecule has 0 amide bonds. The molecule has 2 N–H and O–H groups in total. The Morgan fingerprint density at radius 3 is 2.38 bits per heavy atom. The zero-order valence-corrected chi connectivity index (χ0v) is 10.2. The van der Waals surface area contributed by atoms with E-state index in [1.807, 2.05) is 11.7 Å². The average Bonchev–Trinajstić information content (AvgIpc) is 3.10. The van der Waals surface area contributed by atoms with Crippen LogP contribution in [0, 0.1) is 6.92 Å². The van der Waals surface area contributed by atoms with Crippen LogP contribution in [-0.2, 0) is 12.5 Å². The molecule has 3 rings (SSSR count). The lowest BCUT2D eigenvalue weighted by Crippen LogP contribution is -2.37. The summed E-state index contributed by atoms with van der Waals surface area (Å²) in [6.07, 6.45) is 4.66. The lowest BCUT2D eigenvalue weighted by Gasteiger charge is -2.23. The Kier molecular flexibility index (Phi) is 1.78. The van der Waals surface area contributed by atoms with Gasteiger partial charge in [-0.15, -0.1) is 0 Å². The minimum atomic E-state index is 0.0219. The SMILES string of the molecule is COc1c(C2(C3(N)CC3)CC2)c(C)nn1C. The third kappa shape index (κ3) is 1.05. The van der Waals surface area contributed by atoms with Crippen molar-refractivity contribution in [3.63, 3.8) is 0 Å². The normalized spacial score (nSPS) is 24.2. The largest absolute Gasteiger partial charge is 0.481 e. The average molecular weight is 221 g/mol. The van der Waals surface area contributed by atoms with Crippen molar-refractivity contribution in [3.05, 3.63) is 11.3 Å². The smallest absolute Gasteiger partial charge is 0.215 e. The summed E-state index contributed by atoms with van der Waals surface area (Å²) >= 11 is 0. The van der Waals surface area contributed by atoms with Crippen molar-refractivity contribution in [2.45, 2.75) is 43.6 Å². The molecule has 2 aliphatic rings. The highest BCUT2D eigenvalue weighted by Gasteiger charge is 2.66. The molecule has 2 saturated carbocycles. The van der Waals surface area contributed by atoms with E-state index in [-0.39, 0.29) is 11.0 Å². The van der Waals surface area contributed by atoms with Crippen molar-refractivity contribution in [1.29, 1.82) is 0 Å². The van der Waals surface area contributed by atoms with Crippen LogP contribution >= 0.6 is 0 Å². The molecule has 0 saturated heterocycles. The highest BCUT2D eigenvalue weighted by atomic mass is 16.5. The second-order valence-electron chi connectivity index (χ2n) is 5.33. The Bertz CT molecular complexity index is 441. The quantitative estimate of drug-likeness (QED) is 0.836. The van der Waals surface area contributed by atoms with Gasteiger partial charge in [-0.05, 0) is 32.6 Å². The fraction of sp³-hybridized carbons (Fsp3) is 0.750. The van der Waals surface area contributed by atoms with Crippen molar-refractivity contribution in [2.75, 3.05) is 7.11 Å². The van der Waals surface area contributed by atoms with Gasteiger partial charge in [0, 0.05) is 23.6 Å². The molecular formula is C12H19N3O. The molecule has 0 atom stereocenters. The maximum absolute atomic E-state index is 6.43. The Morgan fingerprint density at radius 1 is 1.31 bits per heavy atom. The number of methoxy groups -OCH3 is 1. The summed E-state index contributed by atoms with van der Waals surface area (Å²) in [5, 5.41) is 4.47. The third-order valence-electron chi connectivity index (χ3n) is 4.33. The van der Waals surface area contributed by atoms with Crippen molar-refractivity contribution in [1.82, 2.24) is 9.78 Å². The standard InChI is InChI=1S/C12H19N3O/c1-8-9(10(16-3)15(2)14-8)11(4-5-11)12(13)6-7-12/h4-7,13H2,1-3H3. The van der Waals surface area contributed by atoms with Gasteiger partial charge in [0.05, 0.1) is 12.8 Å². The number of ether oxygens (including phenoxy) is 1. The van der Waals surface area contributed by atoms with Gasteiger partial charge in [-0.3, -0.25) is 0 Å². The molecular weight excluding hydrogens is 202 g/mol. The molecule has 1 aromatic rings. The predicted octanol–water partition coefficient (Wildman–Crippen LogP) is 1.26. The number of aryl methyl sites for hydroxylation is 2. The predicted molar refractivity (Wildman–Crippen MR) is 61.6 cm³/mol. The first-order valence-electron chi connectivity index (χ1n) is 5.91. The molecule has 0 aliphatic heterocycles. The van der Waals surface area contributed by atoms with E-state index in [2.05, 4.69) is 12.0 Å². The van der Waals surface area contributed by atoms with Crippen LogP contribution in [0.3, 0.4) is 0 Å². The van der Waals surface area contributed by atoms with Gasteiger partial charge in [-0.2, -0.15) is 5.10 Å². The minimum Gasteiger partial charge on any atom is -0.481 e. The van der Waals surface area contributed by atoms with E-state index in [4.69, 9.17) is 10.5 Å². The van der Waals surface area contributed by atoms with Crippen LogP contribution < -0.4 is 10.5 Å². The highest BCUT2D eigenvalue weighted by molar-refractivity contribution is 5.48. The number of nitrogens with two attached hydrogens (primary N) is 1. The topological polar surface area (TPSA) is 53.1 Å². The second kappa shape index (κ2) is 2.80. The van der Waals surface area contributed by atoms with Crippen molar-refractivity contribution in [3.8, 4) is 5.88 Å². The van der Waals surface area contributed by atoms with Gasteiger partial charge >= 0.3 is 0 Å². The van der Waals surface area contributed by atoms with Gasteiger partial charge in [-0.25, -0.2) is 4.68 Å². The highest BCUT2D eigenvalue weighted by Crippen LogP contribution is 2.65. The Hall–Kier alpha value is -1.03.